The molecule has 0 amide bonds. The van der Waals surface area contributed by atoms with Gasteiger partial charge in [0.2, 0.25) is 0 Å². The Kier molecular flexibility index (Phi) is 3.02. The molecule has 0 bridgehead atoms. The van der Waals surface area contributed by atoms with E-state index in [-0.39, 0.29) is 5.56 Å². The number of fused-ring (bicyclic) bond motifs is 1. The highest BCUT2D eigenvalue weighted by atomic mass is 35.5. The molecule has 17 heavy (non-hydrogen) atoms. The summed E-state index contributed by atoms with van der Waals surface area (Å²) in [7, 11) is 0. The van der Waals surface area contributed by atoms with Crippen LogP contribution in [0, 0.1) is 0 Å². The van der Waals surface area contributed by atoms with Gasteiger partial charge in [-0.25, -0.2) is 0 Å². The highest BCUT2D eigenvalue weighted by molar-refractivity contribution is 6.35. The van der Waals surface area contributed by atoms with E-state index in [0.29, 0.717) is 15.8 Å². The highest BCUT2D eigenvalue weighted by Gasteiger charge is 2.38. The fourth-order valence-corrected chi connectivity index (χ4v) is 1.96. The molecule has 0 heterocycles. The van der Waals surface area contributed by atoms with Gasteiger partial charge in [0.25, 0.3) is 0 Å². The molecule has 5 heteroatoms. The molecule has 0 saturated heterocycles. The molecule has 1 unspecified atom stereocenters. The lowest BCUT2D eigenvalue weighted by atomic mass is 9.99. The van der Waals surface area contributed by atoms with Crippen molar-refractivity contribution < 1.29 is 13.2 Å². The molecule has 1 atom stereocenters. The van der Waals surface area contributed by atoms with Crippen LogP contribution < -0.4 is 5.73 Å². The summed E-state index contributed by atoms with van der Waals surface area (Å²) in [6.45, 7) is 0. The topological polar surface area (TPSA) is 26.0 Å². The Morgan fingerprint density at radius 3 is 2.18 bits per heavy atom. The molecule has 2 aromatic carbocycles. The molecule has 1 nitrogen and oxygen atoms in total. The van der Waals surface area contributed by atoms with E-state index in [1.54, 1.807) is 24.3 Å². The van der Waals surface area contributed by atoms with Gasteiger partial charge in [-0.05, 0) is 17.0 Å². The van der Waals surface area contributed by atoms with Crippen LogP contribution >= 0.6 is 11.6 Å². The van der Waals surface area contributed by atoms with Crippen molar-refractivity contribution >= 4 is 22.4 Å². The summed E-state index contributed by atoms with van der Waals surface area (Å²) in [5.74, 6) is 0. The van der Waals surface area contributed by atoms with Crippen molar-refractivity contribution in [2.45, 2.75) is 12.2 Å². The van der Waals surface area contributed by atoms with Crippen molar-refractivity contribution in [3.05, 3.63) is 47.0 Å². The minimum atomic E-state index is -4.46. The predicted octanol–water partition coefficient (Wildman–Crippen LogP) is 4.06. The summed E-state index contributed by atoms with van der Waals surface area (Å²) in [6, 6.07) is 7.40. The van der Waals surface area contributed by atoms with Gasteiger partial charge in [-0.2, -0.15) is 13.2 Å². The Morgan fingerprint density at radius 1 is 1.00 bits per heavy atom. The second-order valence-corrected chi connectivity index (χ2v) is 4.11. The molecule has 0 spiro atoms. The number of hydrogen-bond donors (Lipinski definition) is 1. The van der Waals surface area contributed by atoms with Gasteiger partial charge in [0, 0.05) is 10.4 Å². The molecule has 90 valence electrons. The molecular formula is C12H9ClF3N. The lowest BCUT2D eigenvalue weighted by Crippen LogP contribution is -2.28. The van der Waals surface area contributed by atoms with E-state index in [4.69, 9.17) is 17.3 Å². The first-order chi connectivity index (χ1) is 7.91. The number of nitrogens with two attached hydrogens (primary N) is 1. The molecule has 0 aromatic heterocycles. The van der Waals surface area contributed by atoms with E-state index in [0.717, 1.165) is 0 Å². The van der Waals surface area contributed by atoms with Crippen molar-refractivity contribution in [3.63, 3.8) is 0 Å². The Morgan fingerprint density at radius 2 is 1.59 bits per heavy atom. The summed E-state index contributed by atoms with van der Waals surface area (Å²) < 4.78 is 37.8. The SMILES string of the molecule is NC(c1ccc(Cl)c2ccccc12)C(F)(F)F. The van der Waals surface area contributed by atoms with Crippen LogP contribution in [0.4, 0.5) is 13.2 Å². The minimum Gasteiger partial charge on any atom is -0.316 e. The third kappa shape index (κ3) is 2.23. The smallest absolute Gasteiger partial charge is 0.316 e. The summed E-state index contributed by atoms with van der Waals surface area (Å²) in [4.78, 5) is 0. The molecule has 0 aliphatic heterocycles. The van der Waals surface area contributed by atoms with Gasteiger partial charge in [0.1, 0.15) is 6.04 Å². The Balaban J connectivity index is 2.67. The number of benzene rings is 2. The number of alkyl halides is 3. The van der Waals surface area contributed by atoms with Gasteiger partial charge in [-0.15, -0.1) is 0 Å². The van der Waals surface area contributed by atoms with E-state index in [2.05, 4.69) is 0 Å². The van der Waals surface area contributed by atoms with Crippen molar-refractivity contribution in [3.8, 4) is 0 Å². The Hall–Kier alpha value is -1.26. The van der Waals surface area contributed by atoms with Gasteiger partial charge in [-0.3, -0.25) is 0 Å². The summed E-state index contributed by atoms with van der Waals surface area (Å²) in [5.41, 5.74) is 5.26. The van der Waals surface area contributed by atoms with Crippen LogP contribution in [-0.2, 0) is 0 Å². The lowest BCUT2D eigenvalue weighted by Gasteiger charge is -2.18. The van der Waals surface area contributed by atoms with Gasteiger partial charge < -0.3 is 5.73 Å². The molecule has 0 aliphatic carbocycles. The van der Waals surface area contributed by atoms with Crippen LogP contribution in [0.3, 0.4) is 0 Å². The van der Waals surface area contributed by atoms with Crippen molar-refractivity contribution in [1.29, 1.82) is 0 Å². The van der Waals surface area contributed by atoms with Crippen LogP contribution in [0.25, 0.3) is 10.8 Å². The highest BCUT2D eigenvalue weighted by Crippen LogP contribution is 2.36. The zero-order valence-corrected chi connectivity index (χ0v) is 9.39. The van der Waals surface area contributed by atoms with E-state index in [1.165, 1.54) is 12.1 Å². The first-order valence-corrected chi connectivity index (χ1v) is 5.28. The maximum absolute atomic E-state index is 12.6. The molecule has 0 saturated carbocycles. The number of halogens is 4. The number of hydrogen-bond acceptors (Lipinski definition) is 1. The molecule has 0 fully saturated rings. The average molecular weight is 260 g/mol. The van der Waals surface area contributed by atoms with E-state index < -0.39 is 12.2 Å². The monoisotopic (exact) mass is 259 g/mol. The summed E-state index contributed by atoms with van der Waals surface area (Å²) in [6.07, 6.45) is -4.46. The van der Waals surface area contributed by atoms with Crippen LogP contribution in [-0.4, -0.2) is 6.18 Å². The van der Waals surface area contributed by atoms with E-state index in [9.17, 15) is 13.2 Å². The van der Waals surface area contributed by atoms with Crippen LogP contribution in [0.5, 0.6) is 0 Å². The van der Waals surface area contributed by atoms with Gasteiger partial charge >= 0.3 is 6.18 Å². The molecule has 2 rings (SSSR count). The van der Waals surface area contributed by atoms with Gasteiger partial charge in [0.15, 0.2) is 0 Å². The molecule has 0 aliphatic rings. The first kappa shape index (κ1) is 12.2. The molecule has 2 N–H and O–H groups in total. The first-order valence-electron chi connectivity index (χ1n) is 4.90. The summed E-state index contributed by atoms with van der Waals surface area (Å²) in [5, 5.41) is 1.43. The maximum Gasteiger partial charge on any atom is 0.407 e. The van der Waals surface area contributed by atoms with Crippen molar-refractivity contribution in [2.75, 3.05) is 0 Å². The zero-order valence-electron chi connectivity index (χ0n) is 8.63. The Labute approximate surface area is 101 Å². The standard InChI is InChI=1S/C12H9ClF3N/c13-10-6-5-9(11(17)12(14,15)16)7-3-1-2-4-8(7)10/h1-6,11H,17H2. The second kappa shape index (κ2) is 4.20. The van der Waals surface area contributed by atoms with E-state index in [1.807, 2.05) is 0 Å². The maximum atomic E-state index is 12.6. The van der Waals surface area contributed by atoms with Crippen LogP contribution in [0.2, 0.25) is 5.02 Å². The normalized spacial score (nSPS) is 13.9. The largest absolute Gasteiger partial charge is 0.407 e. The van der Waals surface area contributed by atoms with Crippen molar-refractivity contribution in [2.24, 2.45) is 5.73 Å². The second-order valence-electron chi connectivity index (χ2n) is 3.70. The third-order valence-electron chi connectivity index (χ3n) is 2.59. The average Bonchev–Trinajstić information content (AvgIpc) is 2.28. The van der Waals surface area contributed by atoms with Crippen molar-refractivity contribution in [1.82, 2.24) is 0 Å². The van der Waals surface area contributed by atoms with Crippen LogP contribution in [0.15, 0.2) is 36.4 Å². The summed E-state index contributed by atoms with van der Waals surface area (Å²) >= 11 is 5.93. The predicted molar refractivity (Wildman–Crippen MR) is 61.9 cm³/mol. The molecule has 2 aromatic rings. The van der Waals surface area contributed by atoms with Crippen LogP contribution in [0.1, 0.15) is 11.6 Å². The quantitative estimate of drug-likeness (QED) is 0.821. The number of rotatable bonds is 1. The molecule has 0 radical (unpaired) electrons. The zero-order chi connectivity index (χ0) is 12.6. The fraction of sp³-hybridized carbons (Fsp3) is 0.167. The fourth-order valence-electron chi connectivity index (χ4n) is 1.73. The van der Waals surface area contributed by atoms with Gasteiger partial charge in [-0.1, -0.05) is 41.9 Å². The lowest BCUT2D eigenvalue weighted by molar-refractivity contribution is -0.148. The van der Waals surface area contributed by atoms with E-state index >= 15 is 0 Å². The third-order valence-corrected chi connectivity index (χ3v) is 2.92. The molecular weight excluding hydrogens is 251 g/mol. The Bertz CT molecular complexity index is 551. The van der Waals surface area contributed by atoms with Gasteiger partial charge in [0.05, 0.1) is 0 Å². The minimum absolute atomic E-state index is 0.0394.